The van der Waals surface area contributed by atoms with Gasteiger partial charge >= 0.3 is 0 Å². The van der Waals surface area contributed by atoms with Crippen LogP contribution in [0.5, 0.6) is 11.5 Å². The third-order valence-electron chi connectivity index (χ3n) is 12.2. The molecule has 0 spiro atoms. The monoisotopic (exact) mass is 972 g/mol. The van der Waals surface area contributed by atoms with Crippen molar-refractivity contribution in [2.75, 3.05) is 26.4 Å². The molecule has 9 rings (SSSR count). The molecule has 6 aromatic heterocycles. The predicted octanol–water partition coefficient (Wildman–Crippen LogP) is 12.7. The van der Waals surface area contributed by atoms with Gasteiger partial charge < -0.3 is 19.7 Å². The summed E-state index contributed by atoms with van der Waals surface area (Å²) in [7, 11) is 0. The van der Waals surface area contributed by atoms with Crippen molar-refractivity contribution in [1.82, 2.24) is 29.9 Å². The number of nitrogens with zero attached hydrogens (tertiary/aromatic N) is 6. The van der Waals surface area contributed by atoms with E-state index < -0.39 is 0 Å². The lowest BCUT2D eigenvalue weighted by Crippen LogP contribution is -2.03. The molecule has 2 N–H and O–H groups in total. The second kappa shape index (κ2) is 26.1. The molecular weight excluding hydrogens is 917 g/mol. The maximum Gasteiger partial charge on any atom is 0.136 e. The first-order chi connectivity index (χ1) is 36.6. The van der Waals surface area contributed by atoms with Crippen LogP contribution < -0.4 is 9.47 Å². The zero-order chi connectivity index (χ0) is 50.6. The summed E-state index contributed by atoms with van der Waals surface area (Å²) >= 11 is 0. The minimum Gasteiger partial charge on any atom is -0.492 e. The molecule has 10 nitrogen and oxygen atoms in total. The number of unbranched alkanes of at least 4 members (excludes halogenated alkanes) is 6. The fraction of sp³-hybridized carbons (Fsp3) is 0.188. The quantitative estimate of drug-likeness (QED) is 0.0561. The summed E-state index contributed by atoms with van der Waals surface area (Å²) in [6, 6.07) is 51.7. The highest BCUT2D eigenvalue weighted by atomic mass is 16.5. The summed E-state index contributed by atoms with van der Waals surface area (Å²) in [5.74, 6) is 14.9. The number of ether oxygens (including phenoxy) is 2. The highest BCUT2D eigenvalue weighted by Gasteiger charge is 2.14. The fourth-order valence-corrected chi connectivity index (χ4v) is 8.24. The van der Waals surface area contributed by atoms with Crippen LogP contribution in [0.25, 0.3) is 67.8 Å². The molecule has 3 aromatic carbocycles. The second-order valence-corrected chi connectivity index (χ2v) is 17.6. The lowest BCUT2D eigenvalue weighted by molar-refractivity contribution is 0.271. The van der Waals surface area contributed by atoms with Crippen molar-refractivity contribution in [1.29, 1.82) is 0 Å². The number of aromatic nitrogens is 6. The number of hydrogen-bond donors (Lipinski definition) is 2. The van der Waals surface area contributed by atoms with E-state index in [9.17, 15) is 10.2 Å². The van der Waals surface area contributed by atoms with Crippen LogP contribution >= 0.6 is 0 Å². The van der Waals surface area contributed by atoms with Crippen LogP contribution in [0.2, 0.25) is 0 Å². The molecule has 0 saturated carbocycles. The molecule has 0 aliphatic rings. The van der Waals surface area contributed by atoms with Crippen LogP contribution in [0, 0.1) is 23.7 Å². The van der Waals surface area contributed by atoms with Crippen LogP contribution in [-0.4, -0.2) is 66.5 Å². The largest absolute Gasteiger partial charge is 0.492 e. The average molecular weight is 973 g/mol. The van der Waals surface area contributed by atoms with E-state index in [1.807, 2.05) is 109 Å². The molecule has 0 saturated heterocycles. The SMILES string of the molecule is OCCCCCCOc1cc(C#Cc2ccc(-c3cc(-c4ccccn4)nc(-c4ccccn4)c3)cc2)c(OCCCCCCO)cc1C#Cc1ccc(-c2cc(-c3ccccn3)nc(-c3ccccn3)c2)cc1. The lowest BCUT2D eigenvalue weighted by Gasteiger charge is -2.14. The predicted molar refractivity (Wildman–Crippen MR) is 293 cm³/mol. The molecule has 0 atom stereocenters. The van der Waals surface area contributed by atoms with Gasteiger partial charge in [-0.1, -0.05) is 85.1 Å². The Balaban J connectivity index is 1.02. The maximum atomic E-state index is 9.35. The molecule has 366 valence electrons. The van der Waals surface area contributed by atoms with E-state index in [0.29, 0.717) is 35.8 Å². The third kappa shape index (κ3) is 13.8. The van der Waals surface area contributed by atoms with Crippen LogP contribution in [0.3, 0.4) is 0 Å². The van der Waals surface area contributed by atoms with E-state index in [-0.39, 0.29) is 13.2 Å². The minimum absolute atomic E-state index is 0.180. The maximum absolute atomic E-state index is 9.35. The number of aliphatic hydroxyl groups excluding tert-OH is 2. The van der Waals surface area contributed by atoms with Crippen molar-refractivity contribution in [3.05, 3.63) is 205 Å². The molecule has 0 aliphatic carbocycles. The van der Waals surface area contributed by atoms with Crippen molar-refractivity contribution in [3.8, 4) is 103 Å². The summed E-state index contributed by atoms with van der Waals surface area (Å²) in [6.45, 7) is 1.33. The van der Waals surface area contributed by atoms with E-state index in [1.165, 1.54) is 0 Å². The zero-order valence-electron chi connectivity index (χ0n) is 41.2. The topological polar surface area (TPSA) is 136 Å². The van der Waals surface area contributed by atoms with Gasteiger partial charge in [0.2, 0.25) is 0 Å². The zero-order valence-corrected chi connectivity index (χ0v) is 41.2. The van der Waals surface area contributed by atoms with Gasteiger partial charge in [0.15, 0.2) is 0 Å². The molecule has 74 heavy (non-hydrogen) atoms. The molecule has 0 radical (unpaired) electrons. The number of pyridine rings is 6. The molecule has 0 amide bonds. The van der Waals surface area contributed by atoms with Crippen molar-refractivity contribution in [2.24, 2.45) is 0 Å². The van der Waals surface area contributed by atoms with Crippen molar-refractivity contribution < 1.29 is 19.7 Å². The van der Waals surface area contributed by atoms with Crippen LogP contribution in [0.15, 0.2) is 183 Å². The summed E-state index contributed by atoms with van der Waals surface area (Å²) in [6.07, 6.45) is 14.0. The first kappa shape index (κ1) is 50.2. The van der Waals surface area contributed by atoms with Gasteiger partial charge in [-0.2, -0.15) is 0 Å². The van der Waals surface area contributed by atoms with Crippen molar-refractivity contribution in [2.45, 2.75) is 51.4 Å². The first-order valence-electron chi connectivity index (χ1n) is 25.2. The van der Waals surface area contributed by atoms with E-state index in [1.54, 1.807) is 24.8 Å². The molecule has 10 heteroatoms. The Morgan fingerprint density at radius 2 is 0.662 bits per heavy atom. The van der Waals surface area contributed by atoms with E-state index in [4.69, 9.17) is 19.4 Å². The lowest BCUT2D eigenvalue weighted by atomic mass is 10.0. The Morgan fingerprint density at radius 1 is 0.324 bits per heavy atom. The molecule has 0 fully saturated rings. The summed E-state index contributed by atoms with van der Waals surface area (Å²) in [5, 5.41) is 18.7. The third-order valence-corrected chi connectivity index (χ3v) is 12.2. The first-order valence-corrected chi connectivity index (χ1v) is 25.2. The van der Waals surface area contributed by atoms with Gasteiger partial charge in [-0.25, -0.2) is 9.97 Å². The van der Waals surface area contributed by atoms with Gasteiger partial charge in [0.25, 0.3) is 0 Å². The number of aliphatic hydroxyl groups is 2. The summed E-state index contributed by atoms with van der Waals surface area (Å²) in [5.41, 5.74) is 13.2. The molecule has 6 heterocycles. The van der Waals surface area contributed by atoms with Gasteiger partial charge in [-0.15, -0.1) is 0 Å². The van der Waals surface area contributed by atoms with Gasteiger partial charge in [0.1, 0.15) is 11.5 Å². The second-order valence-electron chi connectivity index (χ2n) is 17.6. The van der Waals surface area contributed by atoms with Gasteiger partial charge in [-0.3, -0.25) is 19.9 Å². The van der Waals surface area contributed by atoms with E-state index in [2.05, 4.69) is 92.1 Å². The molecule has 0 aliphatic heterocycles. The molecule has 0 unspecified atom stereocenters. The number of rotatable bonds is 20. The van der Waals surface area contributed by atoms with Crippen molar-refractivity contribution >= 4 is 0 Å². The van der Waals surface area contributed by atoms with Crippen LogP contribution in [0.1, 0.15) is 73.6 Å². The normalized spacial score (nSPS) is 10.7. The van der Waals surface area contributed by atoms with Gasteiger partial charge in [0.05, 0.1) is 69.9 Å². The molecule has 0 bridgehead atoms. The highest BCUT2D eigenvalue weighted by Crippen LogP contribution is 2.33. The average Bonchev–Trinajstić information content (AvgIpc) is 3.47. The molecular formula is C64H56N6O4. The Hall–Kier alpha value is -8.80. The summed E-state index contributed by atoms with van der Waals surface area (Å²) < 4.78 is 13.0. The van der Waals surface area contributed by atoms with E-state index >= 15 is 0 Å². The Bertz CT molecular complexity index is 3010. The number of hydrogen-bond acceptors (Lipinski definition) is 10. The molecule has 9 aromatic rings. The van der Waals surface area contributed by atoms with Crippen LogP contribution in [-0.2, 0) is 0 Å². The summed E-state index contributed by atoms with van der Waals surface area (Å²) in [4.78, 5) is 28.2. The highest BCUT2D eigenvalue weighted by molar-refractivity contribution is 5.77. The number of benzene rings is 3. The minimum atomic E-state index is 0.180. The van der Waals surface area contributed by atoms with Gasteiger partial charge in [-0.05, 0) is 158 Å². The fourth-order valence-electron chi connectivity index (χ4n) is 8.24. The van der Waals surface area contributed by atoms with Gasteiger partial charge in [0, 0.05) is 61.3 Å². The standard InChI is InChI=1S/C64H56N6O4/c71-37-13-1-3-15-39-73-63-45-52(32-26-48-23-29-50(30-24-48)54-43-61(57-19-7-11-35-67-57)70-62(44-54)58-20-8-12-36-68-58)64(74-40-16-4-2-14-38-72)46-51(63)31-25-47-21-27-49(28-22-47)53-41-59(55-17-5-9-33-65-55)69-60(42-53)56-18-6-10-34-66-56/h5-12,17-24,27-30,33-36,41-46,71-72H,1-4,13-16,37-40H2. The van der Waals surface area contributed by atoms with E-state index in [0.717, 1.165) is 130 Å². The Labute approximate surface area is 433 Å². The van der Waals surface area contributed by atoms with Crippen molar-refractivity contribution in [3.63, 3.8) is 0 Å². The van der Waals surface area contributed by atoms with Crippen LogP contribution in [0.4, 0.5) is 0 Å². The Kier molecular flexibility index (Phi) is 17.7. The Morgan fingerprint density at radius 3 is 0.973 bits per heavy atom. The smallest absolute Gasteiger partial charge is 0.136 e.